The van der Waals surface area contributed by atoms with Gasteiger partial charge in [0, 0.05) is 18.3 Å². The molecule has 1 aliphatic heterocycles. The zero-order chi connectivity index (χ0) is 13.0. The summed E-state index contributed by atoms with van der Waals surface area (Å²) < 4.78 is 0. The number of benzene rings is 1. The Kier molecular flexibility index (Phi) is 4.20. The normalized spacial score (nSPS) is 19.9. The van der Waals surface area contributed by atoms with Gasteiger partial charge in [0.05, 0.1) is 5.56 Å². The first-order valence-electron chi connectivity index (χ1n) is 6.52. The summed E-state index contributed by atoms with van der Waals surface area (Å²) in [5.41, 5.74) is 1.06. The van der Waals surface area contributed by atoms with Crippen LogP contribution in [0, 0.1) is 0 Å². The lowest BCUT2D eigenvalue weighted by molar-refractivity contribution is 0.0698. The molecule has 1 fully saturated rings. The molecule has 1 aromatic carbocycles. The Morgan fingerprint density at radius 2 is 2.28 bits per heavy atom. The summed E-state index contributed by atoms with van der Waals surface area (Å²) >= 11 is 0. The Morgan fingerprint density at radius 1 is 1.50 bits per heavy atom. The second-order valence-corrected chi connectivity index (χ2v) is 4.66. The van der Waals surface area contributed by atoms with Crippen molar-refractivity contribution in [2.75, 3.05) is 25.0 Å². The summed E-state index contributed by atoms with van der Waals surface area (Å²) in [6, 6.07) is 7.60. The Bertz CT molecular complexity index is 420. The van der Waals surface area contributed by atoms with Crippen molar-refractivity contribution in [2.45, 2.75) is 25.8 Å². The van der Waals surface area contributed by atoms with E-state index in [1.165, 1.54) is 12.8 Å². The number of nitrogens with zero attached hydrogens (tertiary/aromatic N) is 1. The van der Waals surface area contributed by atoms with Crippen LogP contribution in [0.5, 0.6) is 0 Å². The summed E-state index contributed by atoms with van der Waals surface area (Å²) in [5.74, 6) is -0.878. The van der Waals surface area contributed by atoms with Crippen molar-refractivity contribution in [3.05, 3.63) is 29.8 Å². The molecule has 1 atom stereocenters. The third kappa shape index (κ3) is 2.82. The van der Waals surface area contributed by atoms with Gasteiger partial charge in [-0.25, -0.2) is 4.79 Å². The highest BCUT2D eigenvalue weighted by Gasteiger charge is 2.22. The van der Waals surface area contributed by atoms with Crippen LogP contribution < -0.4 is 5.32 Å². The zero-order valence-electron chi connectivity index (χ0n) is 10.7. The van der Waals surface area contributed by atoms with Crippen molar-refractivity contribution in [3.63, 3.8) is 0 Å². The van der Waals surface area contributed by atoms with Crippen LogP contribution in [-0.4, -0.2) is 41.7 Å². The molecule has 2 N–H and O–H groups in total. The van der Waals surface area contributed by atoms with Gasteiger partial charge in [0.2, 0.25) is 0 Å². The van der Waals surface area contributed by atoms with Crippen LogP contribution in [0.25, 0.3) is 0 Å². The minimum absolute atomic E-state index is 0.346. The molecule has 98 valence electrons. The van der Waals surface area contributed by atoms with E-state index < -0.39 is 5.97 Å². The van der Waals surface area contributed by atoms with Crippen molar-refractivity contribution < 1.29 is 9.90 Å². The first-order valence-corrected chi connectivity index (χ1v) is 6.52. The number of aromatic carboxylic acids is 1. The Balaban J connectivity index is 2.00. The minimum Gasteiger partial charge on any atom is -0.478 e. The molecule has 4 heteroatoms. The Labute approximate surface area is 108 Å². The highest BCUT2D eigenvalue weighted by Crippen LogP contribution is 2.19. The van der Waals surface area contributed by atoms with Crippen LogP contribution in [0.15, 0.2) is 24.3 Å². The molecule has 0 radical (unpaired) electrons. The predicted molar refractivity (Wildman–Crippen MR) is 72.2 cm³/mol. The number of rotatable bonds is 5. The molecule has 0 bridgehead atoms. The van der Waals surface area contributed by atoms with Crippen molar-refractivity contribution in [3.8, 4) is 0 Å². The first-order chi connectivity index (χ1) is 8.72. The number of carboxylic acid groups (broad SMARTS) is 1. The van der Waals surface area contributed by atoms with E-state index in [-0.39, 0.29) is 0 Å². The third-order valence-corrected chi connectivity index (χ3v) is 3.59. The van der Waals surface area contributed by atoms with Crippen LogP contribution in [0.1, 0.15) is 30.1 Å². The van der Waals surface area contributed by atoms with E-state index in [0.29, 0.717) is 17.3 Å². The molecule has 18 heavy (non-hydrogen) atoms. The number of hydrogen-bond donors (Lipinski definition) is 2. The molecule has 1 unspecified atom stereocenters. The number of carboxylic acids is 1. The highest BCUT2D eigenvalue weighted by atomic mass is 16.4. The largest absolute Gasteiger partial charge is 0.478 e. The van der Waals surface area contributed by atoms with E-state index in [1.54, 1.807) is 12.1 Å². The number of likely N-dealkylation sites (N-methyl/N-ethyl adjacent to an activating group) is 1. The second-order valence-electron chi connectivity index (χ2n) is 4.66. The molecule has 0 saturated carbocycles. The summed E-state index contributed by atoms with van der Waals surface area (Å²) in [4.78, 5) is 13.5. The van der Waals surface area contributed by atoms with Gasteiger partial charge >= 0.3 is 5.97 Å². The molecule has 0 aliphatic carbocycles. The van der Waals surface area contributed by atoms with Gasteiger partial charge in [-0.2, -0.15) is 0 Å². The molecule has 1 aromatic rings. The van der Waals surface area contributed by atoms with Gasteiger partial charge in [-0.1, -0.05) is 19.1 Å². The average Bonchev–Trinajstić information content (AvgIpc) is 2.84. The van der Waals surface area contributed by atoms with E-state index in [2.05, 4.69) is 17.1 Å². The smallest absolute Gasteiger partial charge is 0.337 e. The summed E-state index contributed by atoms with van der Waals surface area (Å²) in [6.45, 7) is 5.21. The van der Waals surface area contributed by atoms with Gasteiger partial charge in [-0.05, 0) is 38.1 Å². The molecule has 1 heterocycles. The molecular formula is C14H20N2O2. The lowest BCUT2D eigenvalue weighted by Crippen LogP contribution is -2.34. The number of hydrogen-bond acceptors (Lipinski definition) is 3. The maximum atomic E-state index is 11.1. The summed E-state index contributed by atoms with van der Waals surface area (Å²) in [5, 5.41) is 12.4. The fourth-order valence-corrected chi connectivity index (χ4v) is 2.59. The van der Waals surface area contributed by atoms with E-state index in [1.807, 2.05) is 12.1 Å². The highest BCUT2D eigenvalue weighted by molar-refractivity contribution is 5.94. The average molecular weight is 248 g/mol. The summed E-state index contributed by atoms with van der Waals surface area (Å²) in [7, 11) is 0. The van der Waals surface area contributed by atoms with Gasteiger partial charge < -0.3 is 10.4 Å². The molecule has 0 amide bonds. The van der Waals surface area contributed by atoms with Crippen LogP contribution in [0.2, 0.25) is 0 Å². The van der Waals surface area contributed by atoms with E-state index in [0.717, 1.165) is 19.6 Å². The topological polar surface area (TPSA) is 52.6 Å². The quantitative estimate of drug-likeness (QED) is 0.839. The molecule has 4 nitrogen and oxygen atoms in total. The number of carbonyl (C=O) groups is 1. The number of nitrogens with one attached hydrogen (secondary N) is 1. The predicted octanol–water partition coefficient (Wildman–Crippen LogP) is 2.28. The molecule has 0 aromatic heterocycles. The van der Waals surface area contributed by atoms with Crippen LogP contribution in [-0.2, 0) is 0 Å². The SMILES string of the molecule is CCN1CCCC1CNc1ccccc1C(=O)O. The molecule has 1 saturated heterocycles. The number of para-hydroxylation sites is 1. The van der Waals surface area contributed by atoms with E-state index in [4.69, 9.17) is 5.11 Å². The van der Waals surface area contributed by atoms with Crippen LogP contribution in [0.4, 0.5) is 5.69 Å². The number of anilines is 1. The van der Waals surface area contributed by atoms with Crippen molar-refractivity contribution in [1.29, 1.82) is 0 Å². The van der Waals surface area contributed by atoms with Gasteiger partial charge in [-0.3, -0.25) is 4.90 Å². The standard InChI is InChI=1S/C14H20N2O2/c1-2-16-9-5-6-11(16)10-15-13-8-4-3-7-12(13)14(17)18/h3-4,7-8,11,15H,2,5-6,9-10H2,1H3,(H,17,18). The Hall–Kier alpha value is -1.55. The van der Waals surface area contributed by atoms with Gasteiger partial charge in [-0.15, -0.1) is 0 Å². The van der Waals surface area contributed by atoms with Crippen molar-refractivity contribution >= 4 is 11.7 Å². The molecule has 2 rings (SSSR count). The van der Waals surface area contributed by atoms with E-state index >= 15 is 0 Å². The fourth-order valence-electron chi connectivity index (χ4n) is 2.59. The molecular weight excluding hydrogens is 228 g/mol. The van der Waals surface area contributed by atoms with Crippen LogP contribution in [0.3, 0.4) is 0 Å². The monoisotopic (exact) mass is 248 g/mol. The maximum absolute atomic E-state index is 11.1. The number of likely N-dealkylation sites (tertiary alicyclic amines) is 1. The first kappa shape index (κ1) is 12.9. The lowest BCUT2D eigenvalue weighted by atomic mass is 10.1. The Morgan fingerprint density at radius 3 is 3.00 bits per heavy atom. The van der Waals surface area contributed by atoms with Crippen molar-refractivity contribution in [2.24, 2.45) is 0 Å². The van der Waals surface area contributed by atoms with Crippen LogP contribution >= 0.6 is 0 Å². The second kappa shape index (κ2) is 5.87. The minimum atomic E-state index is -0.878. The third-order valence-electron chi connectivity index (χ3n) is 3.59. The fraction of sp³-hybridized carbons (Fsp3) is 0.500. The zero-order valence-corrected chi connectivity index (χ0v) is 10.7. The summed E-state index contributed by atoms with van der Waals surface area (Å²) in [6.07, 6.45) is 2.43. The maximum Gasteiger partial charge on any atom is 0.337 e. The lowest BCUT2D eigenvalue weighted by Gasteiger charge is -2.23. The molecule has 1 aliphatic rings. The van der Waals surface area contributed by atoms with Gasteiger partial charge in [0.25, 0.3) is 0 Å². The van der Waals surface area contributed by atoms with Gasteiger partial charge in [0.15, 0.2) is 0 Å². The van der Waals surface area contributed by atoms with Gasteiger partial charge in [0.1, 0.15) is 0 Å². The van der Waals surface area contributed by atoms with Crippen molar-refractivity contribution in [1.82, 2.24) is 4.90 Å². The van der Waals surface area contributed by atoms with E-state index in [9.17, 15) is 4.79 Å². The molecule has 0 spiro atoms.